The normalized spacial score (nSPS) is 27.3. The molecule has 0 spiro atoms. The Labute approximate surface area is 114 Å². The van der Waals surface area contributed by atoms with Crippen LogP contribution in [0.25, 0.3) is 0 Å². The fourth-order valence-electron chi connectivity index (χ4n) is 3.42. The zero-order valence-electron chi connectivity index (χ0n) is 10.9. The van der Waals surface area contributed by atoms with Crippen molar-refractivity contribution in [2.75, 3.05) is 18.0 Å². The molecule has 0 amide bonds. The number of anilines is 1. The summed E-state index contributed by atoms with van der Waals surface area (Å²) in [5, 5.41) is 0. The van der Waals surface area contributed by atoms with Gasteiger partial charge in [0.25, 0.3) is 0 Å². The third-order valence-corrected chi connectivity index (χ3v) is 4.44. The summed E-state index contributed by atoms with van der Waals surface area (Å²) in [5.41, 5.74) is 1.96. The molecule has 2 heterocycles. The number of alkyl halides is 1. The summed E-state index contributed by atoms with van der Waals surface area (Å²) >= 11 is 5.90. The van der Waals surface area contributed by atoms with Gasteiger partial charge in [-0.15, -0.1) is 11.6 Å². The second kappa shape index (κ2) is 5.04. The summed E-state index contributed by atoms with van der Waals surface area (Å²) in [4.78, 5) is 11.6. The summed E-state index contributed by atoms with van der Waals surface area (Å²) in [7, 11) is 0. The van der Waals surface area contributed by atoms with Crippen LogP contribution >= 0.6 is 11.6 Å². The Morgan fingerprint density at radius 2 is 2.00 bits per heavy atom. The van der Waals surface area contributed by atoms with Crippen LogP contribution in [-0.2, 0) is 5.88 Å². The molecule has 1 aromatic rings. The SMILES string of the molecule is Cc1cc(CCl)nc(N2CC3CCCC(C3)C2)n1. The maximum absolute atomic E-state index is 5.90. The van der Waals surface area contributed by atoms with Crippen molar-refractivity contribution in [3.05, 3.63) is 17.5 Å². The van der Waals surface area contributed by atoms with E-state index in [1.54, 1.807) is 0 Å². The molecule has 2 aliphatic rings. The van der Waals surface area contributed by atoms with Gasteiger partial charge in [0.2, 0.25) is 5.95 Å². The van der Waals surface area contributed by atoms with E-state index in [2.05, 4.69) is 14.9 Å². The second-order valence-electron chi connectivity index (χ2n) is 5.74. The van der Waals surface area contributed by atoms with E-state index in [4.69, 9.17) is 11.6 Å². The molecule has 18 heavy (non-hydrogen) atoms. The largest absolute Gasteiger partial charge is 0.340 e. The van der Waals surface area contributed by atoms with Gasteiger partial charge in [-0.2, -0.15) is 0 Å². The fourth-order valence-corrected chi connectivity index (χ4v) is 3.56. The molecular weight excluding hydrogens is 246 g/mol. The van der Waals surface area contributed by atoms with Crippen LogP contribution < -0.4 is 4.90 Å². The highest BCUT2D eigenvalue weighted by Crippen LogP contribution is 2.35. The minimum atomic E-state index is 0.469. The Morgan fingerprint density at radius 3 is 2.67 bits per heavy atom. The van der Waals surface area contributed by atoms with Gasteiger partial charge in [0.15, 0.2) is 0 Å². The first kappa shape index (κ1) is 12.2. The van der Waals surface area contributed by atoms with E-state index in [1.165, 1.54) is 25.7 Å². The second-order valence-corrected chi connectivity index (χ2v) is 6.01. The van der Waals surface area contributed by atoms with Gasteiger partial charge in [0.05, 0.1) is 11.6 Å². The number of aryl methyl sites for hydroxylation is 1. The molecule has 1 aromatic heterocycles. The molecule has 3 rings (SSSR count). The van der Waals surface area contributed by atoms with Crippen LogP contribution in [0.4, 0.5) is 5.95 Å². The molecule has 2 atom stereocenters. The van der Waals surface area contributed by atoms with Crippen LogP contribution in [0.5, 0.6) is 0 Å². The topological polar surface area (TPSA) is 29.0 Å². The fraction of sp³-hybridized carbons (Fsp3) is 0.714. The smallest absolute Gasteiger partial charge is 0.225 e. The average molecular weight is 266 g/mol. The van der Waals surface area contributed by atoms with Gasteiger partial charge in [-0.1, -0.05) is 6.42 Å². The molecular formula is C14H20ClN3. The molecule has 2 fully saturated rings. The van der Waals surface area contributed by atoms with Crippen LogP contribution in [0.2, 0.25) is 0 Å². The minimum absolute atomic E-state index is 0.469. The minimum Gasteiger partial charge on any atom is -0.340 e. The first-order chi connectivity index (χ1) is 8.74. The molecule has 0 N–H and O–H groups in total. The van der Waals surface area contributed by atoms with Gasteiger partial charge in [-0.3, -0.25) is 0 Å². The Bertz CT molecular complexity index is 423. The van der Waals surface area contributed by atoms with Gasteiger partial charge in [-0.25, -0.2) is 9.97 Å². The molecule has 1 aliphatic carbocycles. The van der Waals surface area contributed by atoms with Gasteiger partial charge in [-0.05, 0) is 44.1 Å². The van der Waals surface area contributed by atoms with Crippen molar-refractivity contribution in [1.82, 2.24) is 9.97 Å². The van der Waals surface area contributed by atoms with Crippen LogP contribution in [0.1, 0.15) is 37.1 Å². The lowest BCUT2D eigenvalue weighted by Gasteiger charge is -2.41. The Kier molecular flexibility index (Phi) is 3.42. The van der Waals surface area contributed by atoms with Crippen molar-refractivity contribution in [2.24, 2.45) is 11.8 Å². The number of nitrogens with zero attached hydrogens (tertiary/aromatic N) is 3. The number of hydrogen-bond acceptors (Lipinski definition) is 3. The maximum Gasteiger partial charge on any atom is 0.225 e. The zero-order valence-corrected chi connectivity index (χ0v) is 11.7. The van der Waals surface area contributed by atoms with E-state index in [0.29, 0.717) is 5.88 Å². The van der Waals surface area contributed by atoms with E-state index >= 15 is 0 Å². The summed E-state index contributed by atoms with van der Waals surface area (Å²) < 4.78 is 0. The standard InChI is InChI=1S/C14H20ClN3/c1-10-5-13(7-15)17-14(16-10)18-8-11-3-2-4-12(6-11)9-18/h5,11-12H,2-4,6-9H2,1H3. The first-order valence-corrected chi connectivity index (χ1v) is 7.43. The van der Waals surface area contributed by atoms with Crippen molar-refractivity contribution in [3.63, 3.8) is 0 Å². The highest BCUT2D eigenvalue weighted by atomic mass is 35.5. The highest BCUT2D eigenvalue weighted by molar-refractivity contribution is 6.16. The maximum atomic E-state index is 5.90. The summed E-state index contributed by atoms with van der Waals surface area (Å²) in [5.74, 6) is 3.06. The van der Waals surface area contributed by atoms with Gasteiger partial charge in [0, 0.05) is 18.8 Å². The molecule has 4 heteroatoms. The van der Waals surface area contributed by atoms with E-state index in [1.807, 2.05) is 13.0 Å². The third kappa shape index (κ3) is 2.46. The summed E-state index contributed by atoms with van der Waals surface area (Å²) in [6.45, 7) is 4.27. The van der Waals surface area contributed by atoms with Crippen LogP contribution in [0, 0.1) is 18.8 Å². The van der Waals surface area contributed by atoms with Crippen molar-refractivity contribution < 1.29 is 0 Å². The monoisotopic (exact) mass is 265 g/mol. The van der Waals surface area contributed by atoms with E-state index in [0.717, 1.165) is 42.3 Å². The summed E-state index contributed by atoms with van der Waals surface area (Å²) in [6, 6.07) is 1.97. The van der Waals surface area contributed by atoms with Crippen molar-refractivity contribution >= 4 is 17.5 Å². The van der Waals surface area contributed by atoms with E-state index < -0.39 is 0 Å². The number of halogens is 1. The quantitative estimate of drug-likeness (QED) is 0.770. The van der Waals surface area contributed by atoms with Crippen LogP contribution in [0.15, 0.2) is 6.07 Å². The number of rotatable bonds is 2. The lowest BCUT2D eigenvalue weighted by molar-refractivity contribution is 0.229. The molecule has 1 aliphatic heterocycles. The molecule has 0 aromatic carbocycles. The predicted octanol–water partition coefficient (Wildman–Crippen LogP) is 3.15. The average Bonchev–Trinajstić information content (AvgIpc) is 2.37. The molecule has 1 saturated heterocycles. The van der Waals surface area contributed by atoms with Crippen LogP contribution in [-0.4, -0.2) is 23.1 Å². The zero-order chi connectivity index (χ0) is 12.5. The molecule has 0 radical (unpaired) electrons. The van der Waals surface area contributed by atoms with Gasteiger partial charge >= 0.3 is 0 Å². The lowest BCUT2D eigenvalue weighted by Crippen LogP contribution is -2.43. The molecule has 1 saturated carbocycles. The number of aromatic nitrogens is 2. The number of hydrogen-bond donors (Lipinski definition) is 0. The number of piperidine rings is 1. The summed E-state index contributed by atoms with van der Waals surface area (Å²) in [6.07, 6.45) is 5.57. The Balaban J connectivity index is 1.83. The Hall–Kier alpha value is -0.830. The molecule has 2 unspecified atom stereocenters. The van der Waals surface area contributed by atoms with Gasteiger partial charge in [0.1, 0.15) is 0 Å². The number of fused-ring (bicyclic) bond motifs is 2. The third-order valence-electron chi connectivity index (χ3n) is 4.16. The van der Waals surface area contributed by atoms with E-state index in [-0.39, 0.29) is 0 Å². The Morgan fingerprint density at radius 1 is 1.28 bits per heavy atom. The van der Waals surface area contributed by atoms with Crippen LogP contribution in [0.3, 0.4) is 0 Å². The van der Waals surface area contributed by atoms with Gasteiger partial charge < -0.3 is 4.90 Å². The van der Waals surface area contributed by atoms with Crippen molar-refractivity contribution in [2.45, 2.75) is 38.5 Å². The lowest BCUT2D eigenvalue weighted by atomic mass is 9.78. The van der Waals surface area contributed by atoms with E-state index in [9.17, 15) is 0 Å². The molecule has 3 nitrogen and oxygen atoms in total. The molecule has 98 valence electrons. The van der Waals surface area contributed by atoms with Crippen molar-refractivity contribution in [1.29, 1.82) is 0 Å². The first-order valence-electron chi connectivity index (χ1n) is 6.90. The molecule has 2 bridgehead atoms. The highest BCUT2D eigenvalue weighted by Gasteiger charge is 2.31. The van der Waals surface area contributed by atoms with Crippen molar-refractivity contribution in [3.8, 4) is 0 Å². The predicted molar refractivity (Wildman–Crippen MR) is 74.0 cm³/mol.